The van der Waals surface area contributed by atoms with Crippen LogP contribution in [-0.2, 0) is 6.54 Å². The van der Waals surface area contributed by atoms with Gasteiger partial charge in [0.25, 0.3) is 0 Å². The van der Waals surface area contributed by atoms with E-state index in [1.54, 1.807) is 0 Å². The fourth-order valence-corrected chi connectivity index (χ4v) is 2.27. The smallest absolute Gasteiger partial charge is 0.0234 e. The molecule has 0 aromatic heterocycles. The molecular formula is C13H21N3. The Kier molecular flexibility index (Phi) is 4.34. The van der Waals surface area contributed by atoms with Crippen molar-refractivity contribution in [3.8, 4) is 0 Å². The predicted molar refractivity (Wildman–Crippen MR) is 67.2 cm³/mol. The third-order valence-corrected chi connectivity index (χ3v) is 3.10. The summed E-state index contributed by atoms with van der Waals surface area (Å²) in [6.07, 6.45) is 1.07. The van der Waals surface area contributed by atoms with Crippen LogP contribution in [0.1, 0.15) is 12.0 Å². The SMILES string of the molecule is NCCC1CN(Cc2ccccc2)CCN1. The number of nitrogens with one attached hydrogen (secondary N) is 1. The van der Waals surface area contributed by atoms with E-state index in [0.717, 1.165) is 39.1 Å². The van der Waals surface area contributed by atoms with E-state index in [2.05, 4.69) is 40.5 Å². The van der Waals surface area contributed by atoms with Crippen LogP contribution in [-0.4, -0.2) is 37.1 Å². The maximum Gasteiger partial charge on any atom is 0.0234 e. The molecule has 3 heteroatoms. The van der Waals surface area contributed by atoms with Crippen LogP contribution in [0.25, 0.3) is 0 Å². The molecule has 3 nitrogen and oxygen atoms in total. The molecule has 1 aromatic rings. The number of nitrogens with two attached hydrogens (primary N) is 1. The van der Waals surface area contributed by atoms with Gasteiger partial charge in [0.1, 0.15) is 0 Å². The molecule has 1 fully saturated rings. The molecule has 3 N–H and O–H groups in total. The lowest BCUT2D eigenvalue weighted by atomic mass is 10.1. The first-order chi connectivity index (χ1) is 7.88. The average Bonchev–Trinajstić information content (AvgIpc) is 2.31. The monoisotopic (exact) mass is 219 g/mol. The van der Waals surface area contributed by atoms with Crippen LogP contribution >= 0.6 is 0 Å². The first kappa shape index (κ1) is 11.6. The molecule has 1 atom stereocenters. The van der Waals surface area contributed by atoms with E-state index in [-0.39, 0.29) is 0 Å². The molecule has 1 aliphatic heterocycles. The van der Waals surface area contributed by atoms with Gasteiger partial charge < -0.3 is 11.1 Å². The molecule has 88 valence electrons. The molecular weight excluding hydrogens is 198 g/mol. The molecule has 1 unspecified atom stereocenters. The van der Waals surface area contributed by atoms with Crippen molar-refractivity contribution in [2.24, 2.45) is 5.73 Å². The quantitative estimate of drug-likeness (QED) is 0.787. The number of hydrogen-bond donors (Lipinski definition) is 2. The fraction of sp³-hybridized carbons (Fsp3) is 0.538. The molecule has 1 aliphatic rings. The van der Waals surface area contributed by atoms with E-state index in [4.69, 9.17) is 5.73 Å². The van der Waals surface area contributed by atoms with Crippen LogP contribution in [0.5, 0.6) is 0 Å². The van der Waals surface area contributed by atoms with Gasteiger partial charge in [-0.3, -0.25) is 4.90 Å². The molecule has 0 aliphatic carbocycles. The Balaban J connectivity index is 1.85. The van der Waals surface area contributed by atoms with Gasteiger partial charge in [0, 0.05) is 32.2 Å². The zero-order valence-corrected chi connectivity index (χ0v) is 9.73. The van der Waals surface area contributed by atoms with Gasteiger partial charge in [-0.15, -0.1) is 0 Å². The Morgan fingerprint density at radius 2 is 2.12 bits per heavy atom. The van der Waals surface area contributed by atoms with E-state index >= 15 is 0 Å². The maximum absolute atomic E-state index is 5.60. The Morgan fingerprint density at radius 3 is 2.88 bits per heavy atom. The van der Waals surface area contributed by atoms with Gasteiger partial charge in [-0.1, -0.05) is 30.3 Å². The molecule has 0 spiro atoms. The van der Waals surface area contributed by atoms with Gasteiger partial charge in [-0.2, -0.15) is 0 Å². The van der Waals surface area contributed by atoms with Crippen molar-refractivity contribution in [3.63, 3.8) is 0 Å². The van der Waals surface area contributed by atoms with Crippen molar-refractivity contribution in [1.82, 2.24) is 10.2 Å². The third-order valence-electron chi connectivity index (χ3n) is 3.10. The molecule has 2 rings (SSSR count). The van der Waals surface area contributed by atoms with Crippen LogP contribution in [0, 0.1) is 0 Å². The highest BCUT2D eigenvalue weighted by Crippen LogP contribution is 2.08. The fourth-order valence-electron chi connectivity index (χ4n) is 2.27. The maximum atomic E-state index is 5.60. The van der Waals surface area contributed by atoms with Crippen molar-refractivity contribution < 1.29 is 0 Å². The summed E-state index contributed by atoms with van der Waals surface area (Å²) in [7, 11) is 0. The second-order valence-corrected chi connectivity index (χ2v) is 4.45. The van der Waals surface area contributed by atoms with Crippen LogP contribution in [0.4, 0.5) is 0 Å². The first-order valence-electron chi connectivity index (χ1n) is 6.08. The molecule has 0 amide bonds. The largest absolute Gasteiger partial charge is 0.330 e. The zero-order chi connectivity index (χ0) is 11.2. The summed E-state index contributed by atoms with van der Waals surface area (Å²) < 4.78 is 0. The number of hydrogen-bond acceptors (Lipinski definition) is 3. The van der Waals surface area contributed by atoms with E-state index in [1.165, 1.54) is 5.56 Å². The van der Waals surface area contributed by atoms with Gasteiger partial charge in [-0.25, -0.2) is 0 Å². The van der Waals surface area contributed by atoms with Crippen LogP contribution in [0.15, 0.2) is 30.3 Å². The third kappa shape index (κ3) is 3.30. The summed E-state index contributed by atoms with van der Waals surface area (Å²) in [4.78, 5) is 2.51. The molecule has 1 heterocycles. The average molecular weight is 219 g/mol. The van der Waals surface area contributed by atoms with Gasteiger partial charge in [0.15, 0.2) is 0 Å². The zero-order valence-electron chi connectivity index (χ0n) is 9.73. The highest BCUT2D eigenvalue weighted by atomic mass is 15.2. The summed E-state index contributed by atoms with van der Waals surface area (Å²) in [5.74, 6) is 0. The molecule has 0 radical (unpaired) electrons. The van der Waals surface area contributed by atoms with Crippen LogP contribution < -0.4 is 11.1 Å². The minimum Gasteiger partial charge on any atom is -0.330 e. The molecule has 0 saturated carbocycles. The Hall–Kier alpha value is -0.900. The van der Waals surface area contributed by atoms with Gasteiger partial charge >= 0.3 is 0 Å². The molecule has 0 bridgehead atoms. The van der Waals surface area contributed by atoms with Crippen LogP contribution in [0.3, 0.4) is 0 Å². The summed E-state index contributed by atoms with van der Waals surface area (Å²) in [6, 6.07) is 11.2. The summed E-state index contributed by atoms with van der Waals surface area (Å²) in [6.45, 7) is 5.17. The Morgan fingerprint density at radius 1 is 1.31 bits per heavy atom. The number of rotatable bonds is 4. The van der Waals surface area contributed by atoms with Crippen molar-refractivity contribution >= 4 is 0 Å². The van der Waals surface area contributed by atoms with E-state index in [9.17, 15) is 0 Å². The number of piperazine rings is 1. The highest BCUT2D eigenvalue weighted by molar-refractivity contribution is 5.14. The van der Waals surface area contributed by atoms with Crippen molar-refractivity contribution in [1.29, 1.82) is 0 Å². The lowest BCUT2D eigenvalue weighted by molar-refractivity contribution is 0.188. The lowest BCUT2D eigenvalue weighted by Gasteiger charge is -2.33. The normalized spacial score (nSPS) is 22.2. The van der Waals surface area contributed by atoms with Gasteiger partial charge in [-0.05, 0) is 18.5 Å². The number of benzene rings is 1. The molecule has 16 heavy (non-hydrogen) atoms. The summed E-state index contributed by atoms with van der Waals surface area (Å²) >= 11 is 0. The minimum absolute atomic E-state index is 0.572. The second kappa shape index (κ2) is 5.99. The molecule has 1 saturated heterocycles. The predicted octanol–water partition coefficient (Wildman–Crippen LogP) is 0.809. The van der Waals surface area contributed by atoms with Crippen molar-refractivity contribution in [2.45, 2.75) is 19.0 Å². The minimum atomic E-state index is 0.572. The summed E-state index contributed by atoms with van der Waals surface area (Å²) in [5.41, 5.74) is 7.00. The standard InChI is InChI=1S/C13H21N3/c14-7-6-13-11-16(9-8-15-13)10-12-4-2-1-3-5-12/h1-5,13,15H,6-11,14H2. The lowest BCUT2D eigenvalue weighted by Crippen LogP contribution is -2.50. The second-order valence-electron chi connectivity index (χ2n) is 4.45. The Labute approximate surface area is 97.6 Å². The van der Waals surface area contributed by atoms with E-state index < -0.39 is 0 Å². The topological polar surface area (TPSA) is 41.3 Å². The number of nitrogens with zero attached hydrogens (tertiary/aromatic N) is 1. The summed E-state index contributed by atoms with van der Waals surface area (Å²) in [5, 5.41) is 3.51. The highest BCUT2D eigenvalue weighted by Gasteiger charge is 2.18. The Bertz CT molecular complexity index is 297. The van der Waals surface area contributed by atoms with Gasteiger partial charge in [0.2, 0.25) is 0 Å². The molecule has 1 aromatic carbocycles. The van der Waals surface area contributed by atoms with Crippen molar-refractivity contribution in [3.05, 3.63) is 35.9 Å². The van der Waals surface area contributed by atoms with E-state index in [1.807, 2.05) is 0 Å². The van der Waals surface area contributed by atoms with Crippen LogP contribution in [0.2, 0.25) is 0 Å². The first-order valence-corrected chi connectivity index (χ1v) is 6.08. The van der Waals surface area contributed by atoms with Gasteiger partial charge in [0.05, 0.1) is 0 Å². The van der Waals surface area contributed by atoms with E-state index in [0.29, 0.717) is 6.04 Å². The van der Waals surface area contributed by atoms with Crippen molar-refractivity contribution in [2.75, 3.05) is 26.2 Å².